The summed E-state index contributed by atoms with van der Waals surface area (Å²) >= 11 is 0. The quantitative estimate of drug-likeness (QED) is 0.614. The Morgan fingerprint density at radius 3 is 2.36 bits per heavy atom. The maximum atomic E-state index is 10.8. The Bertz CT molecular complexity index is 222. The predicted molar refractivity (Wildman–Crippen MR) is 52.0 cm³/mol. The standard InChI is InChI=1S/C10H16O4/c1-3-7(2)8(10(13)14)5-4-6-9(11)12/h3,7-8H,1,4-6H2,2H3,(H,11,12)(H,13,14). The monoisotopic (exact) mass is 200 g/mol. The highest BCUT2D eigenvalue weighted by atomic mass is 16.4. The lowest BCUT2D eigenvalue weighted by molar-refractivity contribution is -0.144. The maximum absolute atomic E-state index is 10.8. The van der Waals surface area contributed by atoms with Crippen molar-refractivity contribution in [3.8, 4) is 0 Å². The zero-order valence-electron chi connectivity index (χ0n) is 8.27. The molecule has 0 aromatic rings. The van der Waals surface area contributed by atoms with E-state index >= 15 is 0 Å². The summed E-state index contributed by atoms with van der Waals surface area (Å²) in [4.78, 5) is 21.0. The third kappa shape index (κ3) is 4.64. The van der Waals surface area contributed by atoms with E-state index < -0.39 is 17.9 Å². The first kappa shape index (κ1) is 12.7. The van der Waals surface area contributed by atoms with E-state index in [1.807, 2.05) is 0 Å². The second-order valence-electron chi connectivity index (χ2n) is 3.33. The topological polar surface area (TPSA) is 74.6 Å². The number of carbonyl (C=O) groups is 2. The number of allylic oxidation sites excluding steroid dienone is 1. The molecule has 0 aromatic carbocycles. The van der Waals surface area contributed by atoms with Crippen molar-refractivity contribution in [2.24, 2.45) is 11.8 Å². The van der Waals surface area contributed by atoms with Crippen molar-refractivity contribution in [1.29, 1.82) is 0 Å². The van der Waals surface area contributed by atoms with Gasteiger partial charge < -0.3 is 10.2 Å². The van der Waals surface area contributed by atoms with Crippen LogP contribution < -0.4 is 0 Å². The van der Waals surface area contributed by atoms with Gasteiger partial charge in [-0.1, -0.05) is 13.0 Å². The molecule has 0 heterocycles. The summed E-state index contributed by atoms with van der Waals surface area (Å²) in [7, 11) is 0. The molecule has 80 valence electrons. The van der Waals surface area contributed by atoms with E-state index in [4.69, 9.17) is 10.2 Å². The Balaban J connectivity index is 4.04. The van der Waals surface area contributed by atoms with Crippen molar-refractivity contribution < 1.29 is 19.8 Å². The van der Waals surface area contributed by atoms with Crippen molar-refractivity contribution in [2.45, 2.75) is 26.2 Å². The second-order valence-corrected chi connectivity index (χ2v) is 3.33. The average Bonchev–Trinajstić information content (AvgIpc) is 2.10. The molecular weight excluding hydrogens is 184 g/mol. The lowest BCUT2D eigenvalue weighted by atomic mass is 9.89. The van der Waals surface area contributed by atoms with Gasteiger partial charge in [0.25, 0.3) is 0 Å². The van der Waals surface area contributed by atoms with Gasteiger partial charge in [-0.2, -0.15) is 0 Å². The van der Waals surface area contributed by atoms with Crippen LogP contribution in [0.3, 0.4) is 0 Å². The van der Waals surface area contributed by atoms with Crippen LogP contribution in [0.25, 0.3) is 0 Å². The minimum Gasteiger partial charge on any atom is -0.481 e. The van der Waals surface area contributed by atoms with E-state index in [2.05, 4.69) is 6.58 Å². The molecule has 2 unspecified atom stereocenters. The Labute approximate surface area is 83.2 Å². The average molecular weight is 200 g/mol. The van der Waals surface area contributed by atoms with E-state index in [-0.39, 0.29) is 12.3 Å². The van der Waals surface area contributed by atoms with E-state index in [0.717, 1.165) is 0 Å². The van der Waals surface area contributed by atoms with E-state index in [0.29, 0.717) is 12.8 Å². The molecule has 0 aromatic heterocycles. The van der Waals surface area contributed by atoms with Crippen LogP contribution in [0.4, 0.5) is 0 Å². The zero-order valence-corrected chi connectivity index (χ0v) is 8.27. The van der Waals surface area contributed by atoms with E-state index in [9.17, 15) is 9.59 Å². The highest BCUT2D eigenvalue weighted by Gasteiger charge is 2.22. The molecule has 0 radical (unpaired) electrons. The molecule has 0 aliphatic rings. The Kier molecular flexibility index (Phi) is 5.60. The van der Waals surface area contributed by atoms with E-state index in [1.54, 1.807) is 13.0 Å². The zero-order chi connectivity index (χ0) is 11.1. The Morgan fingerprint density at radius 2 is 2.00 bits per heavy atom. The molecular formula is C10H16O4. The molecule has 0 amide bonds. The summed E-state index contributed by atoms with van der Waals surface area (Å²) in [6.07, 6.45) is 2.38. The molecule has 0 rings (SSSR count). The first-order chi connectivity index (χ1) is 6.49. The van der Waals surface area contributed by atoms with Crippen LogP contribution in [-0.4, -0.2) is 22.2 Å². The molecule has 2 atom stereocenters. The lowest BCUT2D eigenvalue weighted by Crippen LogP contribution is -2.20. The van der Waals surface area contributed by atoms with Gasteiger partial charge in [-0.05, 0) is 18.8 Å². The molecule has 4 heteroatoms. The third-order valence-electron chi connectivity index (χ3n) is 2.23. The summed E-state index contributed by atoms with van der Waals surface area (Å²) in [5.41, 5.74) is 0. The van der Waals surface area contributed by atoms with Crippen LogP contribution in [-0.2, 0) is 9.59 Å². The van der Waals surface area contributed by atoms with Crippen LogP contribution >= 0.6 is 0 Å². The van der Waals surface area contributed by atoms with Crippen LogP contribution in [0.2, 0.25) is 0 Å². The molecule has 14 heavy (non-hydrogen) atoms. The third-order valence-corrected chi connectivity index (χ3v) is 2.23. The summed E-state index contributed by atoms with van der Waals surface area (Å²) in [5.74, 6) is -2.42. The van der Waals surface area contributed by atoms with Crippen LogP contribution in [0.5, 0.6) is 0 Å². The fraction of sp³-hybridized carbons (Fsp3) is 0.600. The molecule has 0 aliphatic carbocycles. The van der Waals surface area contributed by atoms with Crippen LogP contribution in [0.1, 0.15) is 26.2 Å². The fourth-order valence-corrected chi connectivity index (χ4v) is 1.25. The van der Waals surface area contributed by atoms with Crippen LogP contribution in [0, 0.1) is 11.8 Å². The predicted octanol–water partition coefficient (Wildman–Crippen LogP) is 1.76. The summed E-state index contributed by atoms with van der Waals surface area (Å²) < 4.78 is 0. The molecule has 0 aliphatic heterocycles. The number of carboxylic acids is 2. The van der Waals surface area contributed by atoms with Gasteiger partial charge in [-0.3, -0.25) is 9.59 Å². The number of carboxylic acid groups (broad SMARTS) is 2. The number of aliphatic carboxylic acids is 2. The molecule has 4 nitrogen and oxygen atoms in total. The largest absolute Gasteiger partial charge is 0.481 e. The smallest absolute Gasteiger partial charge is 0.307 e. The summed E-state index contributed by atoms with van der Waals surface area (Å²) in [6.45, 7) is 5.30. The van der Waals surface area contributed by atoms with Crippen molar-refractivity contribution in [3.05, 3.63) is 12.7 Å². The summed E-state index contributed by atoms with van der Waals surface area (Å²) in [5, 5.41) is 17.2. The molecule has 0 bridgehead atoms. The van der Waals surface area contributed by atoms with E-state index in [1.165, 1.54) is 0 Å². The SMILES string of the molecule is C=CC(C)C(CCCC(=O)O)C(=O)O. The molecule has 2 N–H and O–H groups in total. The van der Waals surface area contributed by atoms with Crippen molar-refractivity contribution in [2.75, 3.05) is 0 Å². The van der Waals surface area contributed by atoms with Gasteiger partial charge in [0.15, 0.2) is 0 Å². The van der Waals surface area contributed by atoms with Gasteiger partial charge in [-0.15, -0.1) is 6.58 Å². The molecule has 0 fully saturated rings. The summed E-state index contributed by atoms with van der Waals surface area (Å²) in [6, 6.07) is 0. The van der Waals surface area contributed by atoms with Gasteiger partial charge >= 0.3 is 11.9 Å². The lowest BCUT2D eigenvalue weighted by Gasteiger charge is -2.15. The number of hydrogen-bond donors (Lipinski definition) is 2. The van der Waals surface area contributed by atoms with Gasteiger partial charge in [0.2, 0.25) is 0 Å². The van der Waals surface area contributed by atoms with Crippen molar-refractivity contribution in [3.63, 3.8) is 0 Å². The van der Waals surface area contributed by atoms with Gasteiger partial charge in [0, 0.05) is 6.42 Å². The fourth-order valence-electron chi connectivity index (χ4n) is 1.25. The van der Waals surface area contributed by atoms with Gasteiger partial charge in [0.05, 0.1) is 5.92 Å². The highest BCUT2D eigenvalue weighted by molar-refractivity contribution is 5.71. The van der Waals surface area contributed by atoms with Crippen molar-refractivity contribution in [1.82, 2.24) is 0 Å². The Morgan fingerprint density at radius 1 is 1.43 bits per heavy atom. The molecule has 0 saturated heterocycles. The number of hydrogen-bond acceptors (Lipinski definition) is 2. The first-order valence-corrected chi connectivity index (χ1v) is 4.56. The first-order valence-electron chi connectivity index (χ1n) is 4.56. The van der Waals surface area contributed by atoms with Gasteiger partial charge in [0.1, 0.15) is 0 Å². The van der Waals surface area contributed by atoms with Crippen LogP contribution in [0.15, 0.2) is 12.7 Å². The molecule has 0 spiro atoms. The number of rotatable bonds is 7. The molecule has 0 saturated carbocycles. The normalized spacial score (nSPS) is 14.4. The minimum absolute atomic E-state index is 0.0215. The second kappa shape index (κ2) is 6.18. The Hall–Kier alpha value is -1.32. The highest BCUT2D eigenvalue weighted by Crippen LogP contribution is 2.19. The van der Waals surface area contributed by atoms with Crippen molar-refractivity contribution >= 4 is 11.9 Å². The maximum Gasteiger partial charge on any atom is 0.307 e. The minimum atomic E-state index is -0.889. The van der Waals surface area contributed by atoms with Gasteiger partial charge in [-0.25, -0.2) is 0 Å².